The van der Waals surface area contributed by atoms with Gasteiger partial charge in [0.05, 0.1) is 19.3 Å². The van der Waals surface area contributed by atoms with Crippen LogP contribution in [0, 0.1) is 12.7 Å². The summed E-state index contributed by atoms with van der Waals surface area (Å²) in [7, 11) is 0. The summed E-state index contributed by atoms with van der Waals surface area (Å²) in [5.74, 6) is -0.198. The molecular weight excluding hydrogens is 355 g/mol. The highest BCUT2D eigenvalue weighted by Crippen LogP contribution is 2.23. The lowest BCUT2D eigenvalue weighted by atomic mass is 9.97. The molecule has 2 aromatic carbocycles. The zero-order valence-corrected chi connectivity index (χ0v) is 16.7. The Labute approximate surface area is 166 Å². The van der Waals surface area contributed by atoms with E-state index in [-0.39, 0.29) is 23.7 Å². The normalized spacial score (nSPS) is 17.1. The van der Waals surface area contributed by atoms with E-state index in [9.17, 15) is 9.18 Å². The number of carbonyl (C=O) groups excluding carboxylic acids is 1. The van der Waals surface area contributed by atoms with Gasteiger partial charge in [0.25, 0.3) is 0 Å². The van der Waals surface area contributed by atoms with Crippen molar-refractivity contribution in [1.29, 1.82) is 0 Å². The molecule has 1 amide bonds. The van der Waals surface area contributed by atoms with Gasteiger partial charge < -0.3 is 10.1 Å². The summed E-state index contributed by atoms with van der Waals surface area (Å²) in [5, 5.41) is 3.11. The molecule has 2 aromatic rings. The number of morpholine rings is 1. The molecule has 4 nitrogen and oxygen atoms in total. The highest BCUT2D eigenvalue weighted by molar-refractivity contribution is 5.76. The molecule has 28 heavy (non-hydrogen) atoms. The van der Waals surface area contributed by atoms with Crippen molar-refractivity contribution in [1.82, 2.24) is 10.2 Å². The molecule has 0 spiro atoms. The average molecular weight is 384 g/mol. The number of ether oxygens (including phenoxy) is 1. The summed E-state index contributed by atoms with van der Waals surface area (Å²) >= 11 is 0. The predicted molar refractivity (Wildman–Crippen MR) is 109 cm³/mol. The van der Waals surface area contributed by atoms with Crippen LogP contribution in [0.3, 0.4) is 0 Å². The van der Waals surface area contributed by atoms with E-state index in [1.54, 1.807) is 12.1 Å². The first-order valence-electron chi connectivity index (χ1n) is 9.93. The van der Waals surface area contributed by atoms with Crippen LogP contribution in [0.15, 0.2) is 48.5 Å². The number of hydrogen-bond donors (Lipinski definition) is 1. The number of hydrogen-bond acceptors (Lipinski definition) is 3. The third-order valence-corrected chi connectivity index (χ3v) is 5.37. The molecule has 1 aliphatic rings. The van der Waals surface area contributed by atoms with E-state index in [0.29, 0.717) is 13.0 Å². The molecule has 0 saturated carbocycles. The van der Waals surface area contributed by atoms with E-state index >= 15 is 0 Å². The minimum Gasteiger partial charge on any atom is -0.379 e. The lowest BCUT2D eigenvalue weighted by Gasteiger charge is -2.35. The third-order valence-electron chi connectivity index (χ3n) is 5.37. The van der Waals surface area contributed by atoms with Gasteiger partial charge in [-0.25, -0.2) is 4.39 Å². The van der Waals surface area contributed by atoms with Crippen LogP contribution in [0.4, 0.5) is 4.39 Å². The molecule has 3 rings (SSSR count). The Morgan fingerprint density at radius 1 is 1.07 bits per heavy atom. The summed E-state index contributed by atoms with van der Waals surface area (Å²) in [4.78, 5) is 14.9. The molecule has 0 aromatic heterocycles. The molecule has 0 bridgehead atoms. The van der Waals surface area contributed by atoms with Gasteiger partial charge in [-0.3, -0.25) is 9.69 Å². The van der Waals surface area contributed by atoms with Crippen molar-refractivity contribution in [3.05, 3.63) is 71.0 Å². The van der Waals surface area contributed by atoms with Crippen LogP contribution in [0.25, 0.3) is 0 Å². The van der Waals surface area contributed by atoms with Crippen molar-refractivity contribution < 1.29 is 13.9 Å². The SMILES string of the molecule is Cc1ccc(C(CNC(=O)CC(C)c2ccc(F)cc2)N2CCOCC2)cc1. The molecule has 2 atom stereocenters. The monoisotopic (exact) mass is 384 g/mol. The Morgan fingerprint density at radius 3 is 2.32 bits per heavy atom. The Balaban J connectivity index is 1.61. The maximum Gasteiger partial charge on any atom is 0.220 e. The van der Waals surface area contributed by atoms with Crippen LogP contribution in [0.1, 0.15) is 42.0 Å². The lowest BCUT2D eigenvalue weighted by Crippen LogP contribution is -2.43. The van der Waals surface area contributed by atoms with Crippen LogP contribution in [0.2, 0.25) is 0 Å². The number of nitrogens with one attached hydrogen (secondary N) is 1. The molecule has 1 heterocycles. The van der Waals surface area contributed by atoms with Gasteiger partial charge >= 0.3 is 0 Å². The zero-order valence-electron chi connectivity index (χ0n) is 16.7. The third kappa shape index (κ3) is 5.63. The second-order valence-corrected chi connectivity index (χ2v) is 7.54. The van der Waals surface area contributed by atoms with Gasteiger partial charge in [0.2, 0.25) is 5.91 Å². The van der Waals surface area contributed by atoms with Gasteiger partial charge in [-0.05, 0) is 36.1 Å². The van der Waals surface area contributed by atoms with E-state index in [1.165, 1.54) is 23.3 Å². The van der Waals surface area contributed by atoms with Gasteiger partial charge in [-0.1, -0.05) is 48.9 Å². The second kappa shape index (κ2) is 9.80. The van der Waals surface area contributed by atoms with Crippen molar-refractivity contribution in [3.8, 4) is 0 Å². The van der Waals surface area contributed by atoms with Crippen molar-refractivity contribution >= 4 is 5.91 Å². The van der Waals surface area contributed by atoms with Crippen LogP contribution in [-0.4, -0.2) is 43.7 Å². The van der Waals surface area contributed by atoms with Crippen molar-refractivity contribution in [3.63, 3.8) is 0 Å². The molecule has 1 saturated heterocycles. The Bertz CT molecular complexity index is 755. The van der Waals surface area contributed by atoms with Crippen molar-refractivity contribution in [2.24, 2.45) is 0 Å². The van der Waals surface area contributed by atoms with Gasteiger partial charge in [-0.2, -0.15) is 0 Å². The standard InChI is InChI=1S/C23H29FN2O2/c1-17-3-5-20(6-4-17)22(26-11-13-28-14-12-26)16-25-23(27)15-18(2)19-7-9-21(24)10-8-19/h3-10,18,22H,11-16H2,1-2H3,(H,25,27). The summed E-state index contributed by atoms with van der Waals surface area (Å²) in [5.41, 5.74) is 3.40. The topological polar surface area (TPSA) is 41.6 Å². The molecule has 5 heteroatoms. The fourth-order valence-corrected chi connectivity index (χ4v) is 3.61. The summed E-state index contributed by atoms with van der Waals surface area (Å²) in [6.07, 6.45) is 0.384. The number of rotatable bonds is 7. The average Bonchev–Trinajstić information content (AvgIpc) is 2.70. The minimum atomic E-state index is -0.258. The number of amides is 1. The quantitative estimate of drug-likeness (QED) is 0.789. The largest absolute Gasteiger partial charge is 0.379 e. The maximum absolute atomic E-state index is 13.1. The summed E-state index contributed by atoms with van der Waals surface area (Å²) in [6.45, 7) is 7.80. The summed E-state index contributed by atoms with van der Waals surface area (Å²) in [6, 6.07) is 15.0. The number of benzene rings is 2. The lowest BCUT2D eigenvalue weighted by molar-refractivity contribution is -0.121. The first kappa shape index (κ1) is 20.5. The smallest absolute Gasteiger partial charge is 0.220 e. The van der Waals surface area contributed by atoms with Gasteiger partial charge in [0.1, 0.15) is 5.82 Å². The predicted octanol–water partition coefficient (Wildman–Crippen LogP) is 3.82. The number of halogens is 1. The van der Waals surface area contributed by atoms with E-state index < -0.39 is 0 Å². The first-order chi connectivity index (χ1) is 13.5. The molecule has 0 aliphatic carbocycles. The van der Waals surface area contributed by atoms with Crippen LogP contribution >= 0.6 is 0 Å². The molecule has 150 valence electrons. The highest BCUT2D eigenvalue weighted by Gasteiger charge is 2.23. The van der Waals surface area contributed by atoms with Crippen molar-refractivity contribution in [2.45, 2.75) is 32.2 Å². The van der Waals surface area contributed by atoms with Crippen LogP contribution in [0.5, 0.6) is 0 Å². The number of aryl methyl sites for hydroxylation is 1. The Hall–Kier alpha value is -2.24. The molecular formula is C23H29FN2O2. The fourth-order valence-electron chi connectivity index (χ4n) is 3.61. The van der Waals surface area contributed by atoms with Crippen LogP contribution in [-0.2, 0) is 9.53 Å². The van der Waals surface area contributed by atoms with E-state index in [2.05, 4.69) is 41.4 Å². The first-order valence-corrected chi connectivity index (χ1v) is 9.93. The number of carbonyl (C=O) groups is 1. The molecule has 1 N–H and O–H groups in total. The molecule has 1 aliphatic heterocycles. The fraction of sp³-hybridized carbons (Fsp3) is 0.435. The second-order valence-electron chi connectivity index (χ2n) is 7.54. The number of nitrogens with zero attached hydrogens (tertiary/aromatic N) is 1. The minimum absolute atomic E-state index is 0.0159. The Kier molecular flexibility index (Phi) is 7.18. The maximum atomic E-state index is 13.1. The van der Waals surface area contributed by atoms with E-state index in [4.69, 9.17) is 4.74 Å². The van der Waals surface area contributed by atoms with Gasteiger partial charge in [0, 0.05) is 26.1 Å². The van der Waals surface area contributed by atoms with E-state index in [0.717, 1.165) is 31.9 Å². The molecule has 0 radical (unpaired) electrons. The van der Waals surface area contributed by atoms with Crippen molar-refractivity contribution in [2.75, 3.05) is 32.8 Å². The molecule has 2 unspecified atom stereocenters. The molecule has 1 fully saturated rings. The van der Waals surface area contributed by atoms with Gasteiger partial charge in [-0.15, -0.1) is 0 Å². The van der Waals surface area contributed by atoms with Gasteiger partial charge in [0.15, 0.2) is 0 Å². The van der Waals surface area contributed by atoms with E-state index in [1.807, 2.05) is 6.92 Å². The summed E-state index contributed by atoms with van der Waals surface area (Å²) < 4.78 is 18.6. The zero-order chi connectivity index (χ0) is 19.9. The van der Waals surface area contributed by atoms with Crippen LogP contribution < -0.4 is 5.32 Å². The highest BCUT2D eigenvalue weighted by atomic mass is 19.1. The Morgan fingerprint density at radius 2 is 1.68 bits per heavy atom.